The van der Waals surface area contributed by atoms with Gasteiger partial charge >= 0.3 is 0 Å². The molecule has 3 rings (SSSR count). The molecule has 0 spiro atoms. The van der Waals surface area contributed by atoms with E-state index in [0.29, 0.717) is 19.2 Å². The zero-order valence-corrected chi connectivity index (χ0v) is 12.0. The van der Waals surface area contributed by atoms with Crippen LogP contribution in [0.5, 0.6) is 0 Å². The molecule has 0 bridgehead atoms. The summed E-state index contributed by atoms with van der Waals surface area (Å²) in [5, 5.41) is 7.52. The van der Waals surface area contributed by atoms with Gasteiger partial charge < -0.3 is 10.1 Å². The van der Waals surface area contributed by atoms with Crippen molar-refractivity contribution in [3.05, 3.63) is 46.1 Å². The summed E-state index contributed by atoms with van der Waals surface area (Å²) in [4.78, 5) is 20.4. The minimum absolute atomic E-state index is 0.0836. The molecule has 110 valence electrons. The summed E-state index contributed by atoms with van der Waals surface area (Å²) in [6.07, 6.45) is 3.49. The Morgan fingerprint density at radius 3 is 2.76 bits per heavy atom. The molecule has 0 radical (unpaired) electrons. The van der Waals surface area contributed by atoms with Crippen molar-refractivity contribution in [3.8, 4) is 0 Å². The highest BCUT2D eigenvalue weighted by atomic mass is 16.5. The molecular formula is C14H17N5O2. The van der Waals surface area contributed by atoms with Crippen LogP contribution in [0, 0.1) is 13.8 Å². The van der Waals surface area contributed by atoms with E-state index in [1.807, 2.05) is 13.8 Å². The molecular weight excluding hydrogens is 270 g/mol. The molecule has 1 aliphatic rings. The van der Waals surface area contributed by atoms with Crippen molar-refractivity contribution in [3.63, 3.8) is 0 Å². The van der Waals surface area contributed by atoms with Crippen molar-refractivity contribution < 1.29 is 4.74 Å². The van der Waals surface area contributed by atoms with Gasteiger partial charge in [-0.2, -0.15) is 5.10 Å². The molecule has 3 heterocycles. The van der Waals surface area contributed by atoms with Gasteiger partial charge in [0.1, 0.15) is 6.04 Å². The van der Waals surface area contributed by atoms with Crippen LogP contribution in [0.4, 0.5) is 5.95 Å². The van der Waals surface area contributed by atoms with Crippen molar-refractivity contribution in [1.82, 2.24) is 19.7 Å². The topological polar surface area (TPSA) is 81.9 Å². The Kier molecular flexibility index (Phi) is 3.66. The van der Waals surface area contributed by atoms with Crippen molar-refractivity contribution >= 4 is 5.95 Å². The van der Waals surface area contributed by atoms with E-state index in [-0.39, 0.29) is 17.6 Å². The Balaban J connectivity index is 1.83. The second-order valence-corrected chi connectivity index (χ2v) is 5.20. The Morgan fingerprint density at radius 1 is 1.24 bits per heavy atom. The fourth-order valence-corrected chi connectivity index (χ4v) is 2.31. The number of aromatic nitrogens is 4. The van der Waals surface area contributed by atoms with E-state index >= 15 is 0 Å². The quantitative estimate of drug-likeness (QED) is 0.895. The van der Waals surface area contributed by atoms with Crippen molar-refractivity contribution in [1.29, 1.82) is 0 Å². The third kappa shape index (κ3) is 2.92. The zero-order valence-electron chi connectivity index (χ0n) is 12.0. The fourth-order valence-electron chi connectivity index (χ4n) is 2.31. The van der Waals surface area contributed by atoms with Gasteiger partial charge in [-0.3, -0.25) is 4.79 Å². The first-order valence-corrected chi connectivity index (χ1v) is 6.83. The van der Waals surface area contributed by atoms with Crippen molar-refractivity contribution in [2.75, 3.05) is 18.5 Å². The molecule has 7 heteroatoms. The van der Waals surface area contributed by atoms with Crippen molar-refractivity contribution in [2.45, 2.75) is 25.9 Å². The molecule has 0 aliphatic carbocycles. The van der Waals surface area contributed by atoms with Crippen LogP contribution in [0.1, 0.15) is 17.3 Å². The Bertz CT molecular complexity index is 683. The molecule has 2 aromatic rings. The third-order valence-electron chi connectivity index (χ3n) is 3.42. The number of nitrogens with one attached hydrogen (secondary N) is 1. The Morgan fingerprint density at radius 2 is 2.00 bits per heavy atom. The molecule has 7 nitrogen and oxygen atoms in total. The number of aryl methyl sites for hydroxylation is 2. The third-order valence-corrected chi connectivity index (χ3v) is 3.42. The first-order chi connectivity index (χ1) is 10.1. The van der Waals surface area contributed by atoms with Crippen LogP contribution in [0.15, 0.2) is 29.3 Å². The van der Waals surface area contributed by atoms with E-state index in [1.165, 1.54) is 10.7 Å². The predicted octanol–water partition coefficient (Wildman–Crippen LogP) is 0.702. The minimum Gasteiger partial charge on any atom is -0.377 e. The number of rotatable bonds is 3. The number of hydrogen-bond donors (Lipinski definition) is 1. The maximum Gasteiger partial charge on any atom is 0.267 e. The normalized spacial score (nSPS) is 21.4. The van der Waals surface area contributed by atoms with Gasteiger partial charge in [0.25, 0.3) is 5.56 Å². The van der Waals surface area contributed by atoms with Crippen LogP contribution in [0.3, 0.4) is 0 Å². The number of hydrogen-bond acceptors (Lipinski definition) is 6. The van der Waals surface area contributed by atoms with E-state index in [9.17, 15) is 4.79 Å². The van der Waals surface area contributed by atoms with E-state index in [2.05, 4.69) is 20.4 Å². The lowest BCUT2D eigenvalue weighted by molar-refractivity contribution is 0.182. The summed E-state index contributed by atoms with van der Waals surface area (Å²) in [6.45, 7) is 4.72. The van der Waals surface area contributed by atoms with Crippen LogP contribution >= 0.6 is 0 Å². The maximum absolute atomic E-state index is 12.0. The molecule has 21 heavy (non-hydrogen) atoms. The van der Waals surface area contributed by atoms with Crippen LogP contribution in [0.2, 0.25) is 0 Å². The monoisotopic (exact) mass is 287 g/mol. The largest absolute Gasteiger partial charge is 0.377 e. The van der Waals surface area contributed by atoms with Crippen LogP contribution < -0.4 is 10.9 Å². The van der Waals surface area contributed by atoms with Gasteiger partial charge in [-0.05, 0) is 25.5 Å². The van der Waals surface area contributed by atoms with Crippen LogP contribution in [0.25, 0.3) is 0 Å². The Hall–Kier alpha value is -2.28. The average Bonchev–Trinajstić information content (AvgIpc) is 2.92. The highest BCUT2D eigenvalue weighted by Crippen LogP contribution is 2.20. The van der Waals surface area contributed by atoms with Gasteiger partial charge in [0.15, 0.2) is 0 Å². The van der Waals surface area contributed by atoms with Gasteiger partial charge in [-0.15, -0.1) is 0 Å². The highest BCUT2D eigenvalue weighted by Gasteiger charge is 2.31. The predicted molar refractivity (Wildman–Crippen MR) is 77.3 cm³/mol. The summed E-state index contributed by atoms with van der Waals surface area (Å²) in [5.74, 6) is 0.529. The van der Waals surface area contributed by atoms with Crippen molar-refractivity contribution in [2.24, 2.45) is 0 Å². The molecule has 0 aromatic carbocycles. The van der Waals surface area contributed by atoms with E-state index < -0.39 is 0 Å². The van der Waals surface area contributed by atoms with Gasteiger partial charge in [0.2, 0.25) is 5.95 Å². The second kappa shape index (κ2) is 5.61. The lowest BCUT2D eigenvalue weighted by atomic mass is 10.2. The molecule has 2 unspecified atom stereocenters. The number of nitrogens with zero attached hydrogens (tertiary/aromatic N) is 4. The van der Waals surface area contributed by atoms with Gasteiger partial charge in [-0.25, -0.2) is 14.6 Å². The van der Waals surface area contributed by atoms with E-state index in [1.54, 1.807) is 18.5 Å². The molecule has 1 fully saturated rings. The summed E-state index contributed by atoms with van der Waals surface area (Å²) in [5.41, 5.74) is 1.66. The summed E-state index contributed by atoms with van der Waals surface area (Å²) in [6, 6.07) is 2.99. The second-order valence-electron chi connectivity index (χ2n) is 5.20. The zero-order chi connectivity index (χ0) is 14.8. The van der Waals surface area contributed by atoms with E-state index in [0.717, 1.165) is 11.3 Å². The molecule has 0 amide bonds. The fraction of sp³-hybridized carbons (Fsp3) is 0.429. The molecule has 1 aliphatic heterocycles. The Labute approximate surface area is 122 Å². The maximum atomic E-state index is 12.0. The first kappa shape index (κ1) is 13.7. The molecule has 1 saturated heterocycles. The average molecular weight is 287 g/mol. The molecule has 2 aromatic heterocycles. The molecule has 1 N–H and O–H groups in total. The molecule has 0 saturated carbocycles. The lowest BCUT2D eigenvalue weighted by Gasteiger charge is -2.20. The summed E-state index contributed by atoms with van der Waals surface area (Å²) in [7, 11) is 0. The van der Waals surface area contributed by atoms with Gasteiger partial charge in [-0.1, -0.05) is 0 Å². The number of anilines is 1. The van der Waals surface area contributed by atoms with E-state index in [4.69, 9.17) is 4.74 Å². The van der Waals surface area contributed by atoms with Gasteiger partial charge in [0, 0.05) is 18.5 Å². The minimum atomic E-state index is -0.165. The number of ether oxygens (including phenoxy) is 1. The van der Waals surface area contributed by atoms with Crippen LogP contribution in [-0.2, 0) is 4.74 Å². The standard InChI is InChI=1S/C14H17N5O2/c1-9-5-15-14(16-6-9)17-11-7-21-8-12(11)19-13(20)4-3-10(2)18-19/h3-6,11-12H,7-8H2,1-2H3,(H,15,16,17). The lowest BCUT2D eigenvalue weighted by Crippen LogP contribution is -2.37. The smallest absolute Gasteiger partial charge is 0.267 e. The highest BCUT2D eigenvalue weighted by molar-refractivity contribution is 5.27. The van der Waals surface area contributed by atoms with Gasteiger partial charge in [0.05, 0.1) is 24.9 Å². The SMILES string of the molecule is Cc1cnc(NC2COCC2n2nc(C)ccc2=O)nc1. The molecule has 2 atom stereocenters. The van der Waals surface area contributed by atoms with Crippen LogP contribution in [-0.4, -0.2) is 39.0 Å². The summed E-state index contributed by atoms with van der Waals surface area (Å²) < 4.78 is 6.98. The summed E-state index contributed by atoms with van der Waals surface area (Å²) >= 11 is 0. The first-order valence-electron chi connectivity index (χ1n) is 6.83.